The third kappa shape index (κ3) is 2.01. The van der Waals surface area contributed by atoms with Crippen molar-refractivity contribution in [3.8, 4) is 0 Å². The first-order valence-corrected chi connectivity index (χ1v) is 6.96. The largest absolute Gasteiger partial charge is 0.378 e. The summed E-state index contributed by atoms with van der Waals surface area (Å²) in [6, 6.07) is 11.0. The van der Waals surface area contributed by atoms with E-state index >= 15 is 0 Å². The molecule has 0 saturated heterocycles. The van der Waals surface area contributed by atoms with Crippen molar-refractivity contribution in [1.29, 1.82) is 0 Å². The molecule has 3 N–H and O–H groups in total. The lowest BCUT2D eigenvalue weighted by Crippen LogP contribution is -2.07. The molecule has 106 valence electrons. The molecule has 0 saturated carbocycles. The molecule has 0 radical (unpaired) electrons. The fourth-order valence-corrected chi connectivity index (χ4v) is 3.08. The highest BCUT2D eigenvalue weighted by Gasteiger charge is 2.24. The summed E-state index contributed by atoms with van der Waals surface area (Å²) in [5.41, 5.74) is 4.09. The van der Waals surface area contributed by atoms with Gasteiger partial charge in [0.2, 0.25) is 0 Å². The van der Waals surface area contributed by atoms with E-state index in [1.807, 2.05) is 24.3 Å². The number of fused-ring (bicyclic) bond motifs is 2. The second kappa shape index (κ2) is 4.48. The van der Waals surface area contributed by atoms with Crippen LogP contribution < -0.4 is 11.0 Å². The van der Waals surface area contributed by atoms with E-state index in [1.54, 1.807) is 6.07 Å². The number of H-pyrrole nitrogens is 2. The molecule has 4 rings (SSSR count). The van der Waals surface area contributed by atoms with Gasteiger partial charge in [0.05, 0.1) is 17.1 Å². The number of rotatable bonds is 2. The molecule has 1 aromatic heterocycles. The van der Waals surface area contributed by atoms with Gasteiger partial charge in [-0.25, -0.2) is 9.18 Å². The number of aromatic nitrogens is 2. The quantitative estimate of drug-likeness (QED) is 0.677. The van der Waals surface area contributed by atoms with Gasteiger partial charge in [-0.3, -0.25) is 0 Å². The second-order valence-electron chi connectivity index (χ2n) is 5.38. The molecular formula is C16H14FN3O. The van der Waals surface area contributed by atoms with Crippen molar-refractivity contribution in [1.82, 2.24) is 9.97 Å². The predicted octanol–water partition coefficient (Wildman–Crippen LogP) is 3.09. The Morgan fingerprint density at radius 2 is 2.00 bits per heavy atom. The van der Waals surface area contributed by atoms with E-state index in [4.69, 9.17) is 0 Å². The zero-order valence-electron chi connectivity index (χ0n) is 11.2. The molecule has 1 atom stereocenters. The molecule has 2 aromatic carbocycles. The van der Waals surface area contributed by atoms with Crippen molar-refractivity contribution in [2.45, 2.75) is 18.9 Å². The average Bonchev–Trinajstić information content (AvgIpc) is 3.02. The minimum Gasteiger partial charge on any atom is -0.378 e. The monoisotopic (exact) mass is 283 g/mol. The number of nitrogens with one attached hydrogen (secondary N) is 3. The number of halogens is 1. The van der Waals surface area contributed by atoms with Gasteiger partial charge in [-0.2, -0.15) is 0 Å². The van der Waals surface area contributed by atoms with Crippen molar-refractivity contribution in [2.75, 3.05) is 5.32 Å². The van der Waals surface area contributed by atoms with E-state index in [1.165, 1.54) is 6.07 Å². The van der Waals surface area contributed by atoms with Crippen molar-refractivity contribution in [3.63, 3.8) is 0 Å². The van der Waals surface area contributed by atoms with E-state index in [9.17, 15) is 9.18 Å². The fourth-order valence-electron chi connectivity index (χ4n) is 3.08. The van der Waals surface area contributed by atoms with Crippen LogP contribution in [0.5, 0.6) is 0 Å². The summed E-state index contributed by atoms with van der Waals surface area (Å²) in [6.07, 6.45) is 1.63. The predicted molar refractivity (Wildman–Crippen MR) is 80.0 cm³/mol. The molecule has 3 aromatic rings. The number of aromatic amines is 2. The third-order valence-electron chi connectivity index (χ3n) is 4.07. The topological polar surface area (TPSA) is 60.7 Å². The lowest BCUT2D eigenvalue weighted by molar-refractivity contribution is 0.612. The van der Waals surface area contributed by atoms with E-state index in [2.05, 4.69) is 15.3 Å². The van der Waals surface area contributed by atoms with Crippen LogP contribution in [-0.2, 0) is 6.42 Å². The van der Waals surface area contributed by atoms with E-state index in [0.29, 0.717) is 0 Å². The zero-order valence-corrected chi connectivity index (χ0v) is 11.2. The number of hydrogen-bond acceptors (Lipinski definition) is 2. The van der Waals surface area contributed by atoms with Crippen LogP contribution in [-0.4, -0.2) is 9.97 Å². The minimum atomic E-state index is -0.213. The summed E-state index contributed by atoms with van der Waals surface area (Å²) in [5.74, 6) is -0.123. The zero-order chi connectivity index (χ0) is 14.4. The van der Waals surface area contributed by atoms with Crippen LogP contribution in [0, 0.1) is 5.82 Å². The summed E-state index contributed by atoms with van der Waals surface area (Å²) in [4.78, 5) is 16.7. The molecule has 0 bridgehead atoms. The molecule has 0 aliphatic heterocycles. The van der Waals surface area contributed by atoms with Crippen LogP contribution in [0.3, 0.4) is 0 Å². The molecule has 5 heteroatoms. The average molecular weight is 283 g/mol. The molecule has 1 aliphatic carbocycles. The van der Waals surface area contributed by atoms with Gasteiger partial charge in [0, 0.05) is 5.69 Å². The molecule has 1 aliphatic rings. The molecule has 21 heavy (non-hydrogen) atoms. The Hall–Kier alpha value is -2.56. The first-order valence-electron chi connectivity index (χ1n) is 6.96. The SMILES string of the molecule is O=c1[nH]c2ccc(NC3CCc4c(F)cccc43)cc2[nH]1. The molecule has 1 unspecified atom stereocenters. The summed E-state index contributed by atoms with van der Waals surface area (Å²) >= 11 is 0. The van der Waals surface area contributed by atoms with Crippen LogP contribution in [0.2, 0.25) is 0 Å². The summed E-state index contributed by atoms with van der Waals surface area (Å²) < 4.78 is 13.7. The maximum absolute atomic E-state index is 13.7. The summed E-state index contributed by atoms with van der Waals surface area (Å²) in [6.45, 7) is 0. The van der Waals surface area contributed by atoms with Crippen molar-refractivity contribution in [2.24, 2.45) is 0 Å². The number of anilines is 1. The van der Waals surface area contributed by atoms with E-state index < -0.39 is 0 Å². The van der Waals surface area contributed by atoms with Crippen molar-refractivity contribution in [3.05, 3.63) is 63.8 Å². The third-order valence-corrected chi connectivity index (χ3v) is 4.07. The summed E-state index contributed by atoms with van der Waals surface area (Å²) in [7, 11) is 0. The Balaban J connectivity index is 1.67. The highest BCUT2D eigenvalue weighted by molar-refractivity contribution is 5.78. The van der Waals surface area contributed by atoms with Gasteiger partial charge in [-0.1, -0.05) is 12.1 Å². The highest BCUT2D eigenvalue weighted by atomic mass is 19.1. The Bertz CT molecular complexity index is 881. The van der Waals surface area contributed by atoms with E-state index in [-0.39, 0.29) is 17.5 Å². The van der Waals surface area contributed by atoms with Gasteiger partial charge in [-0.15, -0.1) is 0 Å². The van der Waals surface area contributed by atoms with Crippen molar-refractivity contribution < 1.29 is 4.39 Å². The maximum atomic E-state index is 13.7. The van der Waals surface area contributed by atoms with Crippen LogP contribution in [0.1, 0.15) is 23.6 Å². The molecule has 1 heterocycles. The van der Waals surface area contributed by atoms with Crippen LogP contribution in [0.25, 0.3) is 11.0 Å². The summed E-state index contributed by atoms with van der Waals surface area (Å²) in [5, 5.41) is 3.42. The second-order valence-corrected chi connectivity index (χ2v) is 5.38. The van der Waals surface area contributed by atoms with Crippen molar-refractivity contribution >= 4 is 16.7 Å². The van der Waals surface area contributed by atoms with Gasteiger partial charge in [0.15, 0.2) is 0 Å². The normalized spacial score (nSPS) is 17.1. The Labute approximate surface area is 120 Å². The van der Waals surface area contributed by atoms with Crippen LogP contribution in [0.15, 0.2) is 41.2 Å². The Morgan fingerprint density at radius 1 is 1.14 bits per heavy atom. The van der Waals surface area contributed by atoms with Gasteiger partial charge < -0.3 is 15.3 Å². The van der Waals surface area contributed by atoms with Gasteiger partial charge in [-0.05, 0) is 48.2 Å². The Kier molecular flexibility index (Phi) is 2.60. The van der Waals surface area contributed by atoms with Gasteiger partial charge in [0.1, 0.15) is 5.82 Å². The number of benzene rings is 2. The molecule has 0 amide bonds. The maximum Gasteiger partial charge on any atom is 0.323 e. The molecular weight excluding hydrogens is 269 g/mol. The number of hydrogen-bond donors (Lipinski definition) is 3. The van der Waals surface area contributed by atoms with Crippen LogP contribution in [0.4, 0.5) is 10.1 Å². The lowest BCUT2D eigenvalue weighted by Gasteiger charge is -2.15. The number of imidazole rings is 1. The molecule has 4 nitrogen and oxygen atoms in total. The standard InChI is InChI=1S/C16H14FN3O/c17-12-3-1-2-11-10(12)5-7-13(11)18-9-4-6-14-15(8-9)20-16(21)19-14/h1-4,6,8,13,18H,5,7H2,(H2,19,20,21). The Morgan fingerprint density at radius 3 is 2.90 bits per heavy atom. The smallest absolute Gasteiger partial charge is 0.323 e. The first kappa shape index (κ1) is 12.2. The lowest BCUT2D eigenvalue weighted by atomic mass is 10.1. The minimum absolute atomic E-state index is 0.110. The fraction of sp³-hybridized carbons (Fsp3) is 0.188. The highest BCUT2D eigenvalue weighted by Crippen LogP contribution is 2.35. The first-order chi connectivity index (χ1) is 10.2. The van der Waals surface area contributed by atoms with Gasteiger partial charge in [0.25, 0.3) is 0 Å². The van der Waals surface area contributed by atoms with E-state index in [0.717, 1.165) is 40.7 Å². The molecule has 0 fully saturated rings. The van der Waals surface area contributed by atoms with Crippen LogP contribution >= 0.6 is 0 Å². The van der Waals surface area contributed by atoms with Gasteiger partial charge >= 0.3 is 5.69 Å². The molecule has 0 spiro atoms.